The number of ether oxygens (including phenoxy) is 1. The van der Waals surface area contributed by atoms with Crippen LogP contribution in [0.25, 0.3) is 17.0 Å². The number of thioether (sulfide) groups is 1. The molecule has 0 spiro atoms. The second-order valence-electron chi connectivity index (χ2n) is 4.31. The summed E-state index contributed by atoms with van der Waals surface area (Å²) in [5, 5.41) is 5.52. The lowest BCUT2D eigenvalue weighted by atomic mass is 10.1. The Kier molecular flexibility index (Phi) is 4.26. The van der Waals surface area contributed by atoms with Crippen molar-refractivity contribution in [2.24, 2.45) is 0 Å². The van der Waals surface area contributed by atoms with Crippen LogP contribution >= 0.6 is 23.4 Å². The predicted octanol–water partition coefficient (Wildman–Crippen LogP) is 2.71. The second-order valence-corrected chi connectivity index (χ2v) is 5.69. The molecule has 0 saturated heterocycles. The Morgan fingerprint density at radius 1 is 1.32 bits per heavy atom. The predicted molar refractivity (Wildman–Crippen MR) is 84.0 cm³/mol. The van der Waals surface area contributed by atoms with Crippen molar-refractivity contribution in [2.75, 3.05) is 12.9 Å². The minimum absolute atomic E-state index is 0.156. The van der Waals surface area contributed by atoms with Crippen molar-refractivity contribution in [3.05, 3.63) is 41.6 Å². The monoisotopic (exact) mass is 334 g/mol. The number of esters is 1. The van der Waals surface area contributed by atoms with Crippen molar-refractivity contribution in [1.29, 1.82) is 0 Å². The first-order chi connectivity index (χ1) is 10.7. The van der Waals surface area contributed by atoms with Crippen LogP contribution in [0, 0.1) is 0 Å². The first-order valence-electron chi connectivity index (χ1n) is 6.35. The molecule has 2 heterocycles. The zero-order chi connectivity index (χ0) is 15.5. The quantitative estimate of drug-likeness (QED) is 0.539. The number of hydrogen-bond acceptors (Lipinski definition) is 6. The highest BCUT2D eigenvalue weighted by Crippen LogP contribution is 2.23. The average Bonchev–Trinajstić information content (AvgIpc) is 2.96. The summed E-state index contributed by atoms with van der Waals surface area (Å²) in [5.74, 6) is 0.304. The van der Waals surface area contributed by atoms with Gasteiger partial charge in [0.1, 0.15) is 0 Å². The van der Waals surface area contributed by atoms with Crippen LogP contribution in [0.15, 0.2) is 41.7 Å². The maximum atomic E-state index is 11.2. The standard InChI is InChI=1S/C14H11ClN4O2S/c1-21-12(20)8-22-14-17-13-16-7-6-11(19(13)18-14)9-2-4-10(15)5-3-9/h2-7H,8H2,1H3. The van der Waals surface area contributed by atoms with Gasteiger partial charge in [-0.15, -0.1) is 5.10 Å². The minimum atomic E-state index is -0.324. The van der Waals surface area contributed by atoms with Crippen molar-refractivity contribution in [3.63, 3.8) is 0 Å². The lowest BCUT2D eigenvalue weighted by Crippen LogP contribution is -2.03. The summed E-state index contributed by atoms with van der Waals surface area (Å²) in [7, 11) is 1.35. The van der Waals surface area contributed by atoms with E-state index in [9.17, 15) is 4.79 Å². The fourth-order valence-corrected chi connectivity index (χ4v) is 2.63. The van der Waals surface area contributed by atoms with Crippen LogP contribution in [0.5, 0.6) is 0 Å². The molecule has 0 aliphatic heterocycles. The number of rotatable bonds is 4. The lowest BCUT2D eigenvalue weighted by molar-refractivity contribution is -0.137. The molecule has 0 bridgehead atoms. The van der Waals surface area contributed by atoms with Crippen LogP contribution in [-0.4, -0.2) is 38.4 Å². The van der Waals surface area contributed by atoms with Gasteiger partial charge < -0.3 is 4.74 Å². The summed E-state index contributed by atoms with van der Waals surface area (Å²) in [6.07, 6.45) is 1.67. The Morgan fingerprint density at radius 3 is 2.82 bits per heavy atom. The van der Waals surface area contributed by atoms with Crippen LogP contribution in [0.1, 0.15) is 0 Å². The summed E-state index contributed by atoms with van der Waals surface area (Å²) in [6, 6.07) is 9.28. The molecule has 8 heteroatoms. The molecule has 0 fully saturated rings. The average molecular weight is 335 g/mol. The molecule has 0 unspecified atom stereocenters. The summed E-state index contributed by atoms with van der Waals surface area (Å²) in [4.78, 5) is 19.7. The van der Waals surface area contributed by atoms with Gasteiger partial charge in [-0.1, -0.05) is 35.5 Å². The van der Waals surface area contributed by atoms with Gasteiger partial charge >= 0.3 is 5.97 Å². The maximum absolute atomic E-state index is 11.2. The molecular formula is C14H11ClN4O2S. The Hall–Kier alpha value is -2.12. The van der Waals surface area contributed by atoms with E-state index >= 15 is 0 Å². The van der Waals surface area contributed by atoms with Gasteiger partial charge in [-0.3, -0.25) is 4.79 Å². The number of aromatic nitrogens is 4. The Labute approximate surface area is 135 Å². The maximum Gasteiger partial charge on any atom is 0.316 e. The van der Waals surface area contributed by atoms with E-state index in [0.717, 1.165) is 11.3 Å². The van der Waals surface area contributed by atoms with Gasteiger partial charge in [0.05, 0.1) is 18.6 Å². The van der Waals surface area contributed by atoms with Crippen LogP contribution in [0.4, 0.5) is 0 Å². The number of fused-ring (bicyclic) bond motifs is 1. The van der Waals surface area contributed by atoms with Crippen molar-refractivity contribution in [2.45, 2.75) is 5.16 Å². The van der Waals surface area contributed by atoms with E-state index in [-0.39, 0.29) is 11.7 Å². The Morgan fingerprint density at radius 2 is 2.09 bits per heavy atom. The molecule has 112 valence electrons. The van der Waals surface area contributed by atoms with Crippen LogP contribution in [0.3, 0.4) is 0 Å². The molecule has 0 saturated carbocycles. The van der Waals surface area contributed by atoms with E-state index in [4.69, 9.17) is 11.6 Å². The van der Waals surface area contributed by atoms with Crippen molar-refractivity contribution in [1.82, 2.24) is 19.6 Å². The highest BCUT2D eigenvalue weighted by atomic mass is 35.5. The summed E-state index contributed by atoms with van der Waals surface area (Å²) in [6.45, 7) is 0. The number of carbonyl (C=O) groups is 1. The summed E-state index contributed by atoms with van der Waals surface area (Å²) < 4.78 is 6.24. The van der Waals surface area contributed by atoms with E-state index < -0.39 is 0 Å². The molecule has 3 rings (SSSR count). The first-order valence-corrected chi connectivity index (χ1v) is 7.71. The third kappa shape index (κ3) is 3.05. The van der Waals surface area contributed by atoms with Crippen molar-refractivity contribution in [3.8, 4) is 11.3 Å². The Balaban J connectivity index is 1.96. The van der Waals surface area contributed by atoms with Crippen LogP contribution < -0.4 is 0 Å². The van der Waals surface area contributed by atoms with E-state index in [0.29, 0.717) is 16.0 Å². The normalized spacial score (nSPS) is 10.8. The molecule has 0 amide bonds. The molecule has 0 aliphatic rings. The number of halogens is 1. The number of carbonyl (C=O) groups excluding carboxylic acids is 1. The summed E-state index contributed by atoms with van der Waals surface area (Å²) in [5.41, 5.74) is 1.80. The number of nitrogens with zero attached hydrogens (tertiary/aromatic N) is 4. The third-order valence-electron chi connectivity index (χ3n) is 2.91. The molecular weight excluding hydrogens is 324 g/mol. The highest BCUT2D eigenvalue weighted by Gasteiger charge is 2.12. The Bertz CT molecular complexity index is 819. The fraction of sp³-hybridized carbons (Fsp3) is 0.143. The minimum Gasteiger partial charge on any atom is -0.468 e. The van der Waals surface area contributed by atoms with E-state index in [1.807, 2.05) is 30.3 Å². The third-order valence-corrected chi connectivity index (χ3v) is 3.97. The molecule has 6 nitrogen and oxygen atoms in total. The fourth-order valence-electron chi connectivity index (χ4n) is 1.86. The van der Waals surface area contributed by atoms with Crippen molar-refractivity contribution < 1.29 is 9.53 Å². The van der Waals surface area contributed by atoms with E-state index in [1.54, 1.807) is 10.7 Å². The molecule has 1 aromatic carbocycles. The zero-order valence-corrected chi connectivity index (χ0v) is 13.1. The molecule has 0 radical (unpaired) electrons. The topological polar surface area (TPSA) is 69.4 Å². The number of methoxy groups -OCH3 is 1. The van der Waals surface area contributed by atoms with Crippen molar-refractivity contribution >= 4 is 35.1 Å². The van der Waals surface area contributed by atoms with Gasteiger partial charge in [0.25, 0.3) is 5.78 Å². The van der Waals surface area contributed by atoms with Gasteiger partial charge in [0, 0.05) is 16.8 Å². The highest BCUT2D eigenvalue weighted by molar-refractivity contribution is 7.99. The zero-order valence-electron chi connectivity index (χ0n) is 11.6. The molecule has 0 N–H and O–H groups in total. The van der Waals surface area contributed by atoms with Gasteiger partial charge in [0.15, 0.2) is 0 Å². The van der Waals surface area contributed by atoms with Gasteiger partial charge in [0.2, 0.25) is 5.16 Å². The SMILES string of the molecule is COC(=O)CSc1nc2nccc(-c3ccc(Cl)cc3)n2n1. The molecule has 0 atom stereocenters. The van der Waals surface area contributed by atoms with Crippen LogP contribution in [0.2, 0.25) is 5.02 Å². The molecule has 22 heavy (non-hydrogen) atoms. The summed E-state index contributed by atoms with van der Waals surface area (Å²) >= 11 is 7.12. The number of benzene rings is 1. The van der Waals surface area contributed by atoms with Gasteiger partial charge in [-0.05, 0) is 18.2 Å². The smallest absolute Gasteiger partial charge is 0.316 e. The molecule has 3 aromatic rings. The van der Waals surface area contributed by atoms with Gasteiger partial charge in [-0.25, -0.2) is 4.98 Å². The molecule has 0 aliphatic carbocycles. The van der Waals surface area contributed by atoms with E-state index in [1.165, 1.54) is 18.9 Å². The van der Waals surface area contributed by atoms with E-state index in [2.05, 4.69) is 19.8 Å². The van der Waals surface area contributed by atoms with Gasteiger partial charge in [-0.2, -0.15) is 9.50 Å². The number of hydrogen-bond donors (Lipinski definition) is 0. The van der Waals surface area contributed by atoms with Crippen LogP contribution in [-0.2, 0) is 9.53 Å². The molecule has 2 aromatic heterocycles. The lowest BCUT2D eigenvalue weighted by Gasteiger charge is -2.03. The largest absolute Gasteiger partial charge is 0.468 e. The first kappa shape index (κ1) is 14.8. The second kappa shape index (κ2) is 6.33.